The van der Waals surface area contributed by atoms with Crippen molar-refractivity contribution in [3.63, 3.8) is 0 Å². The highest BCUT2D eigenvalue weighted by Gasteiger charge is 2.03. The molecule has 0 radical (unpaired) electrons. The summed E-state index contributed by atoms with van der Waals surface area (Å²) in [7, 11) is 0. The van der Waals surface area contributed by atoms with Crippen molar-refractivity contribution >= 4 is 27.5 Å². The van der Waals surface area contributed by atoms with Gasteiger partial charge in [-0.1, -0.05) is 12.1 Å². The van der Waals surface area contributed by atoms with Gasteiger partial charge >= 0.3 is 0 Å². The first-order valence-electron chi connectivity index (χ1n) is 6.53. The van der Waals surface area contributed by atoms with Crippen LogP contribution in [0.2, 0.25) is 0 Å². The molecule has 1 aromatic carbocycles. The van der Waals surface area contributed by atoms with Crippen molar-refractivity contribution in [2.45, 2.75) is 6.54 Å². The van der Waals surface area contributed by atoms with Crippen LogP contribution in [0.25, 0.3) is 0 Å². The molecule has 1 aromatic heterocycles. The minimum absolute atomic E-state index is 0.102. The molecule has 0 bridgehead atoms. The van der Waals surface area contributed by atoms with Crippen LogP contribution < -0.4 is 10.6 Å². The van der Waals surface area contributed by atoms with Crippen LogP contribution in [0.5, 0.6) is 0 Å². The number of nitrogens with zero attached hydrogens (tertiary/aromatic N) is 1. The van der Waals surface area contributed by atoms with Crippen molar-refractivity contribution in [2.75, 3.05) is 11.9 Å². The number of halogens is 1. The number of anilines is 1. The second-order valence-corrected chi connectivity index (χ2v) is 5.19. The van der Waals surface area contributed by atoms with E-state index in [-0.39, 0.29) is 5.91 Å². The number of carbonyl (C=O) groups is 1. The monoisotopic (exact) mass is 345 g/mol. The Kier molecular flexibility index (Phi) is 5.51. The van der Waals surface area contributed by atoms with Gasteiger partial charge < -0.3 is 10.6 Å². The Hall–Kier alpha value is -2.14. The Balaban J connectivity index is 1.93. The number of rotatable bonds is 6. The number of pyridine rings is 1. The molecule has 0 saturated carbocycles. The lowest BCUT2D eigenvalue weighted by Crippen LogP contribution is -2.23. The lowest BCUT2D eigenvalue weighted by atomic mass is 10.2. The summed E-state index contributed by atoms with van der Waals surface area (Å²) in [5, 5.41) is 6.01. The highest BCUT2D eigenvalue weighted by molar-refractivity contribution is 9.10. The smallest absolute Gasteiger partial charge is 0.251 e. The van der Waals surface area contributed by atoms with Crippen LogP contribution in [0, 0.1) is 0 Å². The van der Waals surface area contributed by atoms with Crippen LogP contribution >= 0.6 is 15.9 Å². The maximum absolute atomic E-state index is 11.7. The molecule has 0 aliphatic rings. The van der Waals surface area contributed by atoms with E-state index in [0.717, 1.165) is 16.0 Å². The fraction of sp³-hybridized carbons (Fsp3) is 0.125. The van der Waals surface area contributed by atoms with Gasteiger partial charge in [-0.05, 0) is 52.3 Å². The highest BCUT2D eigenvalue weighted by atomic mass is 79.9. The first kappa shape index (κ1) is 15.3. The van der Waals surface area contributed by atoms with Gasteiger partial charge in [-0.25, -0.2) is 4.98 Å². The average molecular weight is 346 g/mol. The SMILES string of the molecule is C=CCNC(=O)c1ccc(NCc2cccc(Br)n2)cc1. The number of hydrogen-bond donors (Lipinski definition) is 2. The molecule has 0 aliphatic carbocycles. The van der Waals surface area contributed by atoms with E-state index in [2.05, 4.69) is 38.1 Å². The van der Waals surface area contributed by atoms with Crippen LogP contribution in [0.4, 0.5) is 5.69 Å². The summed E-state index contributed by atoms with van der Waals surface area (Å²) in [6.07, 6.45) is 1.65. The van der Waals surface area contributed by atoms with Crippen LogP contribution in [0.15, 0.2) is 59.7 Å². The van der Waals surface area contributed by atoms with Gasteiger partial charge in [0.15, 0.2) is 0 Å². The summed E-state index contributed by atoms with van der Waals surface area (Å²) in [6, 6.07) is 13.1. The second-order valence-electron chi connectivity index (χ2n) is 4.38. The van der Waals surface area contributed by atoms with E-state index in [1.165, 1.54) is 0 Å². The Bertz CT molecular complexity index is 626. The third-order valence-electron chi connectivity index (χ3n) is 2.80. The van der Waals surface area contributed by atoms with Gasteiger partial charge in [-0.3, -0.25) is 4.79 Å². The van der Waals surface area contributed by atoms with Crippen molar-refractivity contribution in [3.05, 3.63) is 71.0 Å². The van der Waals surface area contributed by atoms with Crippen molar-refractivity contribution in [1.29, 1.82) is 0 Å². The topological polar surface area (TPSA) is 54.0 Å². The molecule has 21 heavy (non-hydrogen) atoms. The number of nitrogens with one attached hydrogen (secondary N) is 2. The normalized spacial score (nSPS) is 9.95. The van der Waals surface area contributed by atoms with Crippen LogP contribution in [0.3, 0.4) is 0 Å². The highest BCUT2D eigenvalue weighted by Crippen LogP contribution is 2.12. The second kappa shape index (κ2) is 7.59. The summed E-state index contributed by atoms with van der Waals surface area (Å²) in [5.41, 5.74) is 2.51. The molecule has 2 rings (SSSR count). The molecule has 0 unspecified atom stereocenters. The van der Waals surface area contributed by atoms with Crippen LogP contribution in [-0.4, -0.2) is 17.4 Å². The minimum atomic E-state index is -0.102. The van der Waals surface area contributed by atoms with Crippen molar-refractivity contribution in [3.8, 4) is 0 Å². The molecule has 2 aromatic rings. The summed E-state index contributed by atoms with van der Waals surface area (Å²) in [6.45, 7) is 4.66. The molecule has 1 amide bonds. The van der Waals surface area contributed by atoms with Gasteiger partial charge in [0, 0.05) is 17.8 Å². The number of aromatic nitrogens is 1. The molecule has 0 spiro atoms. The number of carbonyl (C=O) groups excluding carboxylic acids is 1. The third-order valence-corrected chi connectivity index (χ3v) is 3.24. The average Bonchev–Trinajstić information content (AvgIpc) is 2.51. The van der Waals surface area contributed by atoms with Gasteiger partial charge in [0.05, 0.1) is 12.2 Å². The zero-order chi connectivity index (χ0) is 15.1. The fourth-order valence-corrected chi connectivity index (χ4v) is 2.13. The predicted octanol–water partition coefficient (Wildman–Crippen LogP) is 3.37. The van der Waals surface area contributed by atoms with Gasteiger partial charge in [0.25, 0.3) is 5.91 Å². The van der Waals surface area contributed by atoms with E-state index < -0.39 is 0 Å². The Labute approximate surface area is 132 Å². The molecule has 1 heterocycles. The maximum atomic E-state index is 11.7. The minimum Gasteiger partial charge on any atom is -0.379 e. The van der Waals surface area contributed by atoms with Crippen LogP contribution in [0.1, 0.15) is 16.1 Å². The first-order valence-corrected chi connectivity index (χ1v) is 7.33. The standard InChI is InChI=1S/C16H16BrN3O/c1-2-10-18-16(21)12-6-8-13(9-7-12)19-11-14-4-3-5-15(17)20-14/h2-9,19H,1,10-11H2,(H,18,21). The molecule has 5 heteroatoms. The van der Waals surface area contributed by atoms with E-state index in [4.69, 9.17) is 0 Å². The summed E-state index contributed by atoms with van der Waals surface area (Å²) in [5.74, 6) is -0.102. The first-order chi connectivity index (χ1) is 10.2. The Morgan fingerprint density at radius 2 is 2.00 bits per heavy atom. The Morgan fingerprint density at radius 1 is 1.24 bits per heavy atom. The molecular weight excluding hydrogens is 330 g/mol. The van der Waals surface area contributed by atoms with E-state index in [0.29, 0.717) is 18.7 Å². The molecule has 0 saturated heterocycles. The number of hydrogen-bond acceptors (Lipinski definition) is 3. The zero-order valence-electron chi connectivity index (χ0n) is 11.5. The zero-order valence-corrected chi connectivity index (χ0v) is 13.1. The van der Waals surface area contributed by atoms with E-state index >= 15 is 0 Å². The molecule has 0 atom stereocenters. The molecular formula is C16H16BrN3O. The van der Waals surface area contributed by atoms with E-state index in [9.17, 15) is 4.79 Å². The Morgan fingerprint density at radius 3 is 2.67 bits per heavy atom. The number of benzene rings is 1. The summed E-state index contributed by atoms with van der Waals surface area (Å²) < 4.78 is 0.816. The lowest BCUT2D eigenvalue weighted by molar-refractivity contribution is 0.0958. The fourth-order valence-electron chi connectivity index (χ4n) is 1.75. The van der Waals surface area contributed by atoms with Crippen molar-refractivity contribution < 1.29 is 4.79 Å². The van der Waals surface area contributed by atoms with Gasteiger partial charge in [0.1, 0.15) is 4.60 Å². The van der Waals surface area contributed by atoms with E-state index in [1.54, 1.807) is 18.2 Å². The van der Waals surface area contributed by atoms with Crippen molar-refractivity contribution in [1.82, 2.24) is 10.3 Å². The molecule has 108 valence electrons. The molecule has 2 N–H and O–H groups in total. The predicted molar refractivity (Wildman–Crippen MR) is 88.2 cm³/mol. The van der Waals surface area contributed by atoms with Gasteiger partial charge in [0.2, 0.25) is 0 Å². The van der Waals surface area contributed by atoms with Gasteiger partial charge in [-0.15, -0.1) is 6.58 Å². The summed E-state index contributed by atoms with van der Waals surface area (Å²) in [4.78, 5) is 16.1. The van der Waals surface area contributed by atoms with Crippen molar-refractivity contribution in [2.24, 2.45) is 0 Å². The lowest BCUT2D eigenvalue weighted by Gasteiger charge is -2.07. The molecule has 0 fully saturated rings. The third kappa shape index (κ3) is 4.72. The molecule has 4 nitrogen and oxygen atoms in total. The largest absolute Gasteiger partial charge is 0.379 e. The maximum Gasteiger partial charge on any atom is 0.251 e. The quantitative estimate of drug-likeness (QED) is 0.623. The number of amides is 1. The summed E-state index contributed by atoms with van der Waals surface area (Å²) >= 11 is 3.34. The molecule has 0 aliphatic heterocycles. The van der Waals surface area contributed by atoms with Gasteiger partial charge in [-0.2, -0.15) is 0 Å². The van der Waals surface area contributed by atoms with Crippen LogP contribution in [-0.2, 0) is 6.54 Å². The van der Waals surface area contributed by atoms with E-state index in [1.807, 2.05) is 30.3 Å².